The van der Waals surface area contributed by atoms with Crippen LogP contribution in [0, 0.1) is 5.92 Å². The van der Waals surface area contributed by atoms with Crippen molar-refractivity contribution in [3.05, 3.63) is 0 Å². The van der Waals surface area contributed by atoms with Crippen molar-refractivity contribution in [1.82, 2.24) is 9.80 Å². The van der Waals surface area contributed by atoms with Gasteiger partial charge in [0.2, 0.25) is 0 Å². The number of hydrogen-bond acceptors (Lipinski definition) is 2. The fourth-order valence-electron chi connectivity index (χ4n) is 4.89. The van der Waals surface area contributed by atoms with Gasteiger partial charge in [-0.25, -0.2) is 0 Å². The third kappa shape index (κ3) is 4.99. The summed E-state index contributed by atoms with van der Waals surface area (Å²) in [6.07, 6.45) is 3.05. The lowest BCUT2D eigenvalue weighted by Crippen LogP contribution is -2.54. The first-order chi connectivity index (χ1) is 9.26. The van der Waals surface area contributed by atoms with E-state index in [1.807, 2.05) is 0 Å². The number of hydrogen-bond donors (Lipinski definition) is 0. The summed E-state index contributed by atoms with van der Waals surface area (Å²) in [5.41, 5.74) is 0.556. The molecule has 1 fully saturated rings. The fourth-order valence-corrected chi connectivity index (χ4v) is 4.89. The van der Waals surface area contributed by atoms with Gasteiger partial charge in [-0.3, -0.25) is 9.80 Å². The highest BCUT2D eigenvalue weighted by Crippen LogP contribution is 2.39. The van der Waals surface area contributed by atoms with Gasteiger partial charge < -0.3 is 0 Å². The van der Waals surface area contributed by atoms with Crippen LogP contribution in [0.25, 0.3) is 0 Å². The summed E-state index contributed by atoms with van der Waals surface area (Å²) < 4.78 is 0. The molecular weight excluding hydrogens is 255 g/mol. The van der Waals surface area contributed by atoms with Gasteiger partial charge in [0, 0.05) is 24.2 Å². The molecule has 0 aromatic carbocycles. The third-order valence-electron chi connectivity index (χ3n) is 4.91. The van der Waals surface area contributed by atoms with Crippen molar-refractivity contribution in [2.75, 3.05) is 13.1 Å². The first-order valence-corrected chi connectivity index (χ1v) is 8.80. The molecule has 0 N–H and O–H groups in total. The van der Waals surface area contributed by atoms with E-state index in [1.54, 1.807) is 0 Å². The summed E-state index contributed by atoms with van der Waals surface area (Å²) in [5.74, 6) is 0.754. The average molecular weight is 294 g/mol. The van der Waals surface area contributed by atoms with Gasteiger partial charge >= 0.3 is 0 Å². The SMILES string of the molecule is BC(C)(C)CC(C)(C)N1CCN(C(C)(C)CC(C)C)C1C. The summed E-state index contributed by atoms with van der Waals surface area (Å²) in [7, 11) is 2.36. The molecule has 21 heavy (non-hydrogen) atoms. The molecule has 0 bridgehead atoms. The maximum atomic E-state index is 2.72. The molecule has 0 aromatic heterocycles. The quantitative estimate of drug-likeness (QED) is 0.688. The lowest BCUT2D eigenvalue weighted by atomic mass is 9.65. The molecule has 0 aliphatic carbocycles. The van der Waals surface area contributed by atoms with Crippen molar-refractivity contribution in [3.63, 3.8) is 0 Å². The summed E-state index contributed by atoms with van der Waals surface area (Å²) in [6, 6.07) is 0. The van der Waals surface area contributed by atoms with Crippen LogP contribution in [0.15, 0.2) is 0 Å². The molecule has 0 spiro atoms. The second-order valence-corrected chi connectivity index (χ2v) is 9.98. The van der Waals surface area contributed by atoms with Crippen LogP contribution in [0.2, 0.25) is 5.31 Å². The van der Waals surface area contributed by atoms with Crippen LogP contribution in [-0.4, -0.2) is 48.0 Å². The summed E-state index contributed by atoms with van der Waals surface area (Å²) in [6.45, 7) is 23.9. The summed E-state index contributed by atoms with van der Waals surface area (Å²) in [5, 5.41) is 0.379. The van der Waals surface area contributed by atoms with Crippen LogP contribution in [0.1, 0.15) is 75.2 Å². The normalized spacial score (nSPS) is 23.2. The van der Waals surface area contributed by atoms with Crippen molar-refractivity contribution >= 4 is 7.85 Å². The zero-order valence-electron chi connectivity index (χ0n) is 16.4. The van der Waals surface area contributed by atoms with Crippen LogP contribution in [-0.2, 0) is 0 Å². The monoisotopic (exact) mass is 294 g/mol. The van der Waals surface area contributed by atoms with Crippen LogP contribution in [0.3, 0.4) is 0 Å². The smallest absolute Gasteiger partial charge is 0.108 e. The van der Waals surface area contributed by atoms with Gasteiger partial charge in [-0.15, -0.1) is 0 Å². The van der Waals surface area contributed by atoms with E-state index in [0.717, 1.165) is 5.92 Å². The van der Waals surface area contributed by atoms with Gasteiger partial charge in [-0.1, -0.05) is 33.0 Å². The first kappa shape index (κ1) is 19.0. The highest BCUT2D eigenvalue weighted by molar-refractivity contribution is 6.14. The minimum atomic E-state index is 0.264. The topological polar surface area (TPSA) is 6.48 Å². The van der Waals surface area contributed by atoms with Crippen LogP contribution < -0.4 is 0 Å². The Labute approximate surface area is 135 Å². The van der Waals surface area contributed by atoms with E-state index < -0.39 is 0 Å². The zero-order valence-corrected chi connectivity index (χ0v) is 16.4. The van der Waals surface area contributed by atoms with E-state index in [-0.39, 0.29) is 5.54 Å². The summed E-state index contributed by atoms with van der Waals surface area (Å²) >= 11 is 0. The maximum Gasteiger partial charge on any atom is 0.108 e. The minimum absolute atomic E-state index is 0.264. The van der Waals surface area contributed by atoms with Crippen molar-refractivity contribution < 1.29 is 0 Å². The lowest BCUT2D eigenvalue weighted by molar-refractivity contribution is 0.00346. The van der Waals surface area contributed by atoms with Gasteiger partial charge in [-0.2, -0.15) is 0 Å². The van der Waals surface area contributed by atoms with E-state index in [2.05, 4.69) is 80.0 Å². The fraction of sp³-hybridized carbons (Fsp3) is 1.00. The van der Waals surface area contributed by atoms with Crippen molar-refractivity contribution in [1.29, 1.82) is 0 Å². The van der Waals surface area contributed by atoms with Gasteiger partial charge in [0.15, 0.2) is 0 Å². The lowest BCUT2D eigenvalue weighted by Gasteiger charge is -2.46. The Hall–Kier alpha value is -0.0151. The van der Waals surface area contributed by atoms with E-state index in [4.69, 9.17) is 0 Å². The molecule has 124 valence electrons. The Morgan fingerprint density at radius 1 is 0.952 bits per heavy atom. The third-order valence-corrected chi connectivity index (χ3v) is 4.91. The van der Waals surface area contributed by atoms with Gasteiger partial charge in [0.05, 0.1) is 6.17 Å². The Morgan fingerprint density at radius 3 is 1.76 bits per heavy atom. The van der Waals surface area contributed by atoms with Crippen molar-refractivity contribution in [3.8, 4) is 0 Å². The van der Waals surface area contributed by atoms with Crippen LogP contribution in [0.5, 0.6) is 0 Å². The Morgan fingerprint density at radius 2 is 1.38 bits per heavy atom. The molecule has 1 rings (SSSR count). The molecule has 1 unspecified atom stereocenters. The molecule has 1 atom stereocenters. The molecular formula is C18H39BN2. The highest BCUT2D eigenvalue weighted by Gasteiger charge is 2.44. The predicted molar refractivity (Wildman–Crippen MR) is 97.7 cm³/mol. The number of rotatable bonds is 6. The van der Waals surface area contributed by atoms with E-state index >= 15 is 0 Å². The van der Waals surface area contributed by atoms with Gasteiger partial charge in [0.1, 0.15) is 7.85 Å². The Balaban J connectivity index is 2.83. The van der Waals surface area contributed by atoms with Crippen molar-refractivity contribution in [2.24, 2.45) is 5.92 Å². The zero-order chi connectivity index (χ0) is 16.6. The van der Waals surface area contributed by atoms with Gasteiger partial charge in [0.25, 0.3) is 0 Å². The summed E-state index contributed by atoms with van der Waals surface area (Å²) in [4.78, 5) is 5.44. The van der Waals surface area contributed by atoms with E-state index in [9.17, 15) is 0 Å². The van der Waals surface area contributed by atoms with Crippen LogP contribution >= 0.6 is 0 Å². The molecule has 0 aromatic rings. The standard InChI is InChI=1S/C18H39BN2/c1-14(2)12-17(6,7)20-10-11-21(15(20)3)18(8,9)13-16(4,5)19/h14-15H,10-13,19H2,1-9H3. The molecule has 0 radical (unpaired) electrons. The molecule has 1 aliphatic rings. The highest BCUT2D eigenvalue weighted by atomic mass is 15.5. The second-order valence-electron chi connectivity index (χ2n) is 9.98. The number of nitrogens with zero attached hydrogens (tertiary/aromatic N) is 2. The molecule has 1 aliphatic heterocycles. The Bertz CT molecular complexity index is 342. The average Bonchev–Trinajstić information content (AvgIpc) is 2.54. The Kier molecular flexibility index (Phi) is 5.65. The van der Waals surface area contributed by atoms with Gasteiger partial charge in [-0.05, 0) is 53.4 Å². The second kappa shape index (κ2) is 6.24. The molecule has 0 amide bonds. The van der Waals surface area contributed by atoms with Crippen LogP contribution in [0.4, 0.5) is 0 Å². The van der Waals surface area contributed by atoms with E-state index in [0.29, 0.717) is 17.0 Å². The molecule has 0 saturated carbocycles. The predicted octanol–water partition coefficient (Wildman–Crippen LogP) is 3.78. The largest absolute Gasteiger partial charge is 0.282 e. The van der Waals surface area contributed by atoms with E-state index in [1.165, 1.54) is 25.9 Å². The van der Waals surface area contributed by atoms with Crippen molar-refractivity contribution in [2.45, 2.75) is 97.7 Å². The molecule has 1 heterocycles. The molecule has 1 saturated heterocycles. The molecule has 3 heteroatoms. The maximum absolute atomic E-state index is 2.72. The molecule has 2 nitrogen and oxygen atoms in total. The minimum Gasteiger partial charge on any atom is -0.282 e. The first-order valence-electron chi connectivity index (χ1n) is 8.80.